The average Bonchev–Trinajstić information content (AvgIpc) is 3.40. The molecule has 0 amide bonds. The van der Waals surface area contributed by atoms with E-state index in [1.807, 2.05) is 0 Å². The average molecular weight is 405 g/mol. The van der Waals surface area contributed by atoms with Crippen molar-refractivity contribution in [3.8, 4) is 0 Å². The molecule has 4 aliphatic rings. The third-order valence-corrected chi connectivity index (χ3v) is 9.23. The van der Waals surface area contributed by atoms with Crippen LogP contribution in [-0.2, 0) is 19.1 Å². The summed E-state index contributed by atoms with van der Waals surface area (Å²) in [5.41, 5.74) is -0.241. The van der Waals surface area contributed by atoms with Crippen molar-refractivity contribution in [2.45, 2.75) is 110 Å². The van der Waals surface area contributed by atoms with Gasteiger partial charge in [-0.3, -0.25) is 9.59 Å². The number of carbonyl (C=O) groups excluding carboxylic acids is 2. The van der Waals surface area contributed by atoms with Gasteiger partial charge in [-0.1, -0.05) is 33.1 Å². The van der Waals surface area contributed by atoms with Crippen LogP contribution in [0.4, 0.5) is 0 Å². The summed E-state index contributed by atoms with van der Waals surface area (Å²) in [6.07, 6.45) is 12.9. The fraction of sp³-hybridized carbons (Fsp3) is 0.920. The topological polar surface area (TPSA) is 52.6 Å². The summed E-state index contributed by atoms with van der Waals surface area (Å²) in [5, 5.41) is 0. The Labute approximate surface area is 176 Å². The van der Waals surface area contributed by atoms with Gasteiger partial charge in [0.2, 0.25) is 0 Å². The van der Waals surface area contributed by atoms with Crippen LogP contribution in [0.5, 0.6) is 0 Å². The minimum absolute atomic E-state index is 0.132. The van der Waals surface area contributed by atoms with E-state index in [0.29, 0.717) is 23.7 Å². The van der Waals surface area contributed by atoms with Crippen molar-refractivity contribution in [3.05, 3.63) is 0 Å². The molecule has 4 heteroatoms. The molecule has 0 heterocycles. The standard InChI is InChI=1S/C25H40O4/c1-16-17(2)21-13-19(16)14-22(21)23(28-18(3)26)15-24(27)29-25(11-7-8-12-25)20-9-5-4-6-10-20/h16-17,19-23H,4-15H2,1-3H3. The Kier molecular flexibility index (Phi) is 6.27. The van der Waals surface area contributed by atoms with Crippen LogP contribution in [0.25, 0.3) is 0 Å². The Morgan fingerprint density at radius 3 is 2.24 bits per heavy atom. The van der Waals surface area contributed by atoms with E-state index in [9.17, 15) is 9.59 Å². The molecule has 6 atom stereocenters. The predicted octanol–water partition coefficient (Wildman–Crippen LogP) is 5.67. The summed E-state index contributed by atoms with van der Waals surface area (Å²) in [4.78, 5) is 25.0. The molecule has 0 saturated heterocycles. The van der Waals surface area contributed by atoms with Crippen molar-refractivity contribution in [2.24, 2.45) is 35.5 Å². The molecule has 6 unspecified atom stereocenters. The fourth-order valence-electron chi connectivity index (χ4n) is 7.55. The number of carbonyl (C=O) groups is 2. The zero-order chi connectivity index (χ0) is 20.6. The summed E-state index contributed by atoms with van der Waals surface area (Å²) in [6.45, 7) is 6.16. The van der Waals surface area contributed by atoms with E-state index >= 15 is 0 Å². The highest BCUT2D eigenvalue weighted by Crippen LogP contribution is 2.56. The van der Waals surface area contributed by atoms with Gasteiger partial charge in [0.15, 0.2) is 0 Å². The molecule has 0 spiro atoms. The zero-order valence-electron chi connectivity index (χ0n) is 18.7. The Morgan fingerprint density at radius 1 is 0.966 bits per heavy atom. The smallest absolute Gasteiger partial charge is 0.310 e. The first-order chi connectivity index (χ1) is 13.9. The number of esters is 2. The molecule has 0 radical (unpaired) electrons. The van der Waals surface area contributed by atoms with E-state index in [2.05, 4.69) is 13.8 Å². The molecule has 4 nitrogen and oxygen atoms in total. The van der Waals surface area contributed by atoms with Crippen LogP contribution in [0.1, 0.15) is 97.8 Å². The first kappa shape index (κ1) is 21.2. The van der Waals surface area contributed by atoms with Crippen molar-refractivity contribution in [3.63, 3.8) is 0 Å². The van der Waals surface area contributed by atoms with Crippen molar-refractivity contribution >= 4 is 11.9 Å². The molecule has 164 valence electrons. The van der Waals surface area contributed by atoms with Crippen molar-refractivity contribution in [1.82, 2.24) is 0 Å². The van der Waals surface area contributed by atoms with E-state index < -0.39 is 0 Å². The second-order valence-electron chi connectivity index (χ2n) is 10.7. The predicted molar refractivity (Wildman–Crippen MR) is 112 cm³/mol. The molecule has 29 heavy (non-hydrogen) atoms. The molecule has 4 fully saturated rings. The lowest BCUT2D eigenvalue weighted by Crippen LogP contribution is -2.43. The summed E-state index contributed by atoms with van der Waals surface area (Å²) < 4.78 is 12.1. The quantitative estimate of drug-likeness (QED) is 0.535. The van der Waals surface area contributed by atoms with Gasteiger partial charge >= 0.3 is 11.9 Å². The van der Waals surface area contributed by atoms with Gasteiger partial charge in [0.05, 0.1) is 6.42 Å². The minimum atomic E-state index is -0.310. The molecule has 0 aromatic rings. The van der Waals surface area contributed by atoms with Crippen molar-refractivity contribution in [1.29, 1.82) is 0 Å². The first-order valence-electron chi connectivity index (χ1n) is 12.3. The number of hydrogen-bond donors (Lipinski definition) is 0. The van der Waals surface area contributed by atoms with E-state index in [0.717, 1.165) is 31.1 Å². The van der Waals surface area contributed by atoms with Crippen LogP contribution in [0.2, 0.25) is 0 Å². The van der Waals surface area contributed by atoms with Gasteiger partial charge in [0.1, 0.15) is 11.7 Å². The summed E-state index contributed by atoms with van der Waals surface area (Å²) >= 11 is 0. The van der Waals surface area contributed by atoms with Crippen LogP contribution in [-0.4, -0.2) is 23.6 Å². The Morgan fingerprint density at radius 2 is 1.66 bits per heavy atom. The number of fused-ring (bicyclic) bond motifs is 2. The van der Waals surface area contributed by atoms with Crippen molar-refractivity contribution < 1.29 is 19.1 Å². The lowest BCUT2D eigenvalue weighted by Gasteiger charge is -2.40. The maximum Gasteiger partial charge on any atom is 0.310 e. The van der Waals surface area contributed by atoms with E-state index in [1.54, 1.807) is 0 Å². The summed E-state index contributed by atoms with van der Waals surface area (Å²) in [5.74, 6) is 3.13. The highest BCUT2D eigenvalue weighted by molar-refractivity contribution is 5.72. The molecule has 0 aromatic heterocycles. The Bertz CT molecular complexity index is 600. The maximum atomic E-state index is 13.1. The normalized spacial score (nSPS) is 37.4. The van der Waals surface area contributed by atoms with Crippen LogP contribution in [0.3, 0.4) is 0 Å². The summed E-state index contributed by atoms with van der Waals surface area (Å²) in [6, 6.07) is 0. The molecular weight excluding hydrogens is 364 g/mol. The molecular formula is C25H40O4. The number of hydrogen-bond acceptors (Lipinski definition) is 4. The van der Waals surface area contributed by atoms with Crippen LogP contribution in [0.15, 0.2) is 0 Å². The fourth-order valence-corrected chi connectivity index (χ4v) is 7.55. The monoisotopic (exact) mass is 404 g/mol. The third-order valence-electron chi connectivity index (χ3n) is 9.23. The van der Waals surface area contributed by atoms with Crippen LogP contribution < -0.4 is 0 Å². The number of rotatable bonds is 6. The molecule has 2 bridgehead atoms. The highest BCUT2D eigenvalue weighted by Gasteiger charge is 2.52. The molecule has 4 rings (SSSR count). The zero-order valence-corrected chi connectivity index (χ0v) is 18.7. The van der Waals surface area contributed by atoms with Gasteiger partial charge in [-0.15, -0.1) is 0 Å². The number of ether oxygens (including phenoxy) is 2. The highest BCUT2D eigenvalue weighted by atomic mass is 16.6. The van der Waals surface area contributed by atoms with Crippen LogP contribution >= 0.6 is 0 Å². The van der Waals surface area contributed by atoms with Crippen molar-refractivity contribution in [2.75, 3.05) is 0 Å². The van der Waals surface area contributed by atoms with Gasteiger partial charge in [0.25, 0.3) is 0 Å². The van der Waals surface area contributed by atoms with Gasteiger partial charge in [-0.25, -0.2) is 0 Å². The van der Waals surface area contributed by atoms with Gasteiger partial charge in [-0.2, -0.15) is 0 Å². The van der Waals surface area contributed by atoms with Gasteiger partial charge in [0, 0.05) is 6.92 Å². The molecule has 4 saturated carbocycles. The Hall–Kier alpha value is -1.06. The SMILES string of the molecule is CC(=O)OC(CC(=O)OC1(C2CCCCC2)CCCC1)C1CC2CC1C(C)C2C. The second-order valence-corrected chi connectivity index (χ2v) is 10.7. The lowest BCUT2D eigenvalue weighted by molar-refractivity contribution is -0.174. The maximum absolute atomic E-state index is 13.1. The molecule has 0 aromatic carbocycles. The van der Waals surface area contributed by atoms with E-state index in [1.165, 1.54) is 58.3 Å². The Balaban J connectivity index is 1.43. The van der Waals surface area contributed by atoms with Gasteiger partial charge in [-0.05, 0) is 86.9 Å². The lowest BCUT2D eigenvalue weighted by atomic mass is 9.73. The van der Waals surface area contributed by atoms with E-state index in [4.69, 9.17) is 9.47 Å². The first-order valence-corrected chi connectivity index (χ1v) is 12.3. The molecule has 4 aliphatic carbocycles. The largest absolute Gasteiger partial charge is 0.462 e. The summed E-state index contributed by atoms with van der Waals surface area (Å²) in [7, 11) is 0. The minimum Gasteiger partial charge on any atom is -0.462 e. The molecule has 0 aliphatic heterocycles. The van der Waals surface area contributed by atoms with E-state index in [-0.39, 0.29) is 30.1 Å². The molecule has 0 N–H and O–H groups in total. The second kappa shape index (κ2) is 8.59. The third kappa shape index (κ3) is 4.23. The van der Waals surface area contributed by atoms with Gasteiger partial charge < -0.3 is 9.47 Å². The van der Waals surface area contributed by atoms with Crippen LogP contribution in [0, 0.1) is 35.5 Å².